The van der Waals surface area contributed by atoms with Crippen molar-refractivity contribution in [2.24, 2.45) is 11.7 Å². The van der Waals surface area contributed by atoms with Crippen LogP contribution in [0.3, 0.4) is 0 Å². The van der Waals surface area contributed by atoms with Crippen LogP contribution in [0.25, 0.3) is 0 Å². The van der Waals surface area contributed by atoms with Crippen LogP contribution in [0.1, 0.15) is 119 Å². The van der Waals surface area contributed by atoms with Crippen LogP contribution in [-0.2, 0) is 20.0 Å². The van der Waals surface area contributed by atoms with Crippen LogP contribution in [0.15, 0.2) is 30.5 Å². The van der Waals surface area contributed by atoms with Gasteiger partial charge in [-0.05, 0) is 63.3 Å². The SMILES string of the molecule is CC(C)(O)c1cnnn1[C@H]1C[C@@H](C(=O)NC2(C(=O)C(N)O)CCCCC2)N(C(=O)[C@@H](CC2CCCCC2)NC(=O)c2ccc(C#N)cc2)C1. The smallest absolute Gasteiger partial charge is 0.251 e. The van der Waals surface area contributed by atoms with Crippen molar-refractivity contribution in [1.82, 2.24) is 30.5 Å². The van der Waals surface area contributed by atoms with E-state index in [1.54, 1.807) is 13.8 Å². The fraction of sp³-hybridized carbons (Fsp3) is 0.629. The van der Waals surface area contributed by atoms with Crippen molar-refractivity contribution >= 4 is 23.5 Å². The first-order valence-corrected chi connectivity index (χ1v) is 17.4. The van der Waals surface area contributed by atoms with E-state index in [0.29, 0.717) is 48.9 Å². The molecule has 6 N–H and O–H groups in total. The number of aromatic nitrogens is 3. The largest absolute Gasteiger partial charge is 0.384 e. The summed E-state index contributed by atoms with van der Waals surface area (Å²) in [6, 6.07) is 5.62. The molecular weight excluding hydrogens is 628 g/mol. The summed E-state index contributed by atoms with van der Waals surface area (Å²) in [5.41, 5.74) is 4.05. The molecule has 2 saturated carbocycles. The normalized spacial score (nSPS) is 22.5. The summed E-state index contributed by atoms with van der Waals surface area (Å²) in [5, 5.41) is 44.2. The second-order valence-electron chi connectivity index (χ2n) is 14.4. The second-order valence-corrected chi connectivity index (χ2v) is 14.4. The molecule has 0 bridgehead atoms. The Kier molecular flexibility index (Phi) is 11.2. The van der Waals surface area contributed by atoms with Crippen molar-refractivity contribution in [2.75, 3.05) is 6.54 Å². The molecule has 5 rings (SSSR count). The molecule has 2 aromatic rings. The monoisotopic (exact) mass is 676 g/mol. The van der Waals surface area contributed by atoms with Crippen molar-refractivity contribution in [2.45, 2.75) is 126 Å². The minimum atomic E-state index is -1.77. The standard InChI is InChI=1S/C35H48N8O6/c1-34(2,49)28-20-38-41-43(28)25-18-27(32(47)40-35(29(44)30(37)45)15-7-4-8-16-35)42(21-25)33(48)26(17-22-9-5-3-6-10-22)39-31(46)24-13-11-23(19-36)12-14-24/h11-14,20,22,25-27,30,45,49H,3-10,15-18,21,37H2,1-2H3,(H,39,46)(H,40,47)/t25-,26+,27-,30?/m0/s1. The molecule has 49 heavy (non-hydrogen) atoms. The Bertz CT molecular complexity index is 1550. The highest BCUT2D eigenvalue weighted by molar-refractivity contribution is 6.00. The molecule has 1 aromatic carbocycles. The molecule has 0 radical (unpaired) electrons. The maximum Gasteiger partial charge on any atom is 0.251 e. The number of benzene rings is 1. The van der Waals surface area contributed by atoms with Crippen LogP contribution in [-0.4, -0.2) is 84.0 Å². The maximum atomic E-state index is 14.7. The molecule has 3 aliphatic rings. The molecule has 2 aliphatic carbocycles. The van der Waals surface area contributed by atoms with E-state index in [9.17, 15) is 34.7 Å². The molecule has 1 saturated heterocycles. The quantitative estimate of drug-likeness (QED) is 0.218. The van der Waals surface area contributed by atoms with E-state index in [4.69, 9.17) is 5.73 Å². The van der Waals surface area contributed by atoms with Crippen LogP contribution in [0.2, 0.25) is 0 Å². The van der Waals surface area contributed by atoms with Crippen molar-refractivity contribution in [3.8, 4) is 6.07 Å². The van der Waals surface area contributed by atoms with E-state index in [1.807, 2.05) is 6.07 Å². The van der Waals surface area contributed by atoms with Gasteiger partial charge in [-0.3, -0.25) is 24.9 Å². The van der Waals surface area contributed by atoms with Crippen molar-refractivity contribution in [3.63, 3.8) is 0 Å². The van der Waals surface area contributed by atoms with Gasteiger partial charge in [-0.15, -0.1) is 5.10 Å². The third-order valence-electron chi connectivity index (χ3n) is 10.4. The number of rotatable bonds is 11. The fourth-order valence-electron chi connectivity index (χ4n) is 7.74. The van der Waals surface area contributed by atoms with Gasteiger partial charge in [0.15, 0.2) is 6.23 Å². The predicted octanol–water partition coefficient (Wildman–Crippen LogP) is 1.95. The summed E-state index contributed by atoms with van der Waals surface area (Å²) in [7, 11) is 0. The molecule has 0 spiro atoms. The van der Waals surface area contributed by atoms with Crippen LogP contribution < -0.4 is 16.4 Å². The first-order valence-electron chi connectivity index (χ1n) is 17.4. The summed E-state index contributed by atoms with van der Waals surface area (Å²) in [6.07, 6.45) is 8.00. The number of Topliss-reactive ketones (excluding diaryl/α,β-unsaturated/α-hetero) is 1. The van der Waals surface area contributed by atoms with Crippen molar-refractivity contribution in [1.29, 1.82) is 5.26 Å². The number of amides is 3. The summed E-state index contributed by atoms with van der Waals surface area (Å²) in [5.74, 6) is -1.95. The van der Waals surface area contributed by atoms with E-state index in [2.05, 4.69) is 20.9 Å². The first kappa shape index (κ1) is 36.1. The molecule has 264 valence electrons. The molecule has 14 nitrogen and oxygen atoms in total. The molecule has 14 heteroatoms. The van der Waals surface area contributed by atoms with Crippen molar-refractivity contribution < 1.29 is 29.4 Å². The highest BCUT2D eigenvalue weighted by Crippen LogP contribution is 2.35. The van der Waals surface area contributed by atoms with E-state index in [-0.39, 0.29) is 18.9 Å². The van der Waals surface area contributed by atoms with Crippen LogP contribution in [0, 0.1) is 17.2 Å². The summed E-state index contributed by atoms with van der Waals surface area (Å²) in [6.45, 7) is 3.23. The number of nitriles is 1. The number of nitrogens with zero attached hydrogens (tertiary/aromatic N) is 5. The Morgan fingerprint density at radius 2 is 1.73 bits per heavy atom. The van der Waals surface area contributed by atoms with Gasteiger partial charge < -0.3 is 25.7 Å². The van der Waals surface area contributed by atoms with Gasteiger partial charge in [0.25, 0.3) is 5.91 Å². The first-order chi connectivity index (χ1) is 23.3. The molecule has 1 aromatic heterocycles. The average molecular weight is 677 g/mol. The molecule has 2 heterocycles. The van der Waals surface area contributed by atoms with E-state index < -0.39 is 59.0 Å². The van der Waals surface area contributed by atoms with Gasteiger partial charge in [-0.25, -0.2) is 4.68 Å². The lowest BCUT2D eigenvalue weighted by atomic mass is 9.77. The Morgan fingerprint density at radius 3 is 2.35 bits per heavy atom. The van der Waals surface area contributed by atoms with Crippen LogP contribution in [0.4, 0.5) is 0 Å². The van der Waals surface area contributed by atoms with E-state index >= 15 is 0 Å². The predicted molar refractivity (Wildman–Crippen MR) is 177 cm³/mol. The fourth-order valence-corrected chi connectivity index (χ4v) is 7.74. The van der Waals surface area contributed by atoms with Gasteiger partial charge in [0.05, 0.1) is 29.6 Å². The average Bonchev–Trinajstić information content (AvgIpc) is 3.77. The maximum absolute atomic E-state index is 14.7. The third-order valence-corrected chi connectivity index (χ3v) is 10.4. The molecule has 3 amide bonds. The minimum Gasteiger partial charge on any atom is -0.384 e. The lowest BCUT2D eigenvalue weighted by Gasteiger charge is -2.39. The van der Waals surface area contributed by atoms with E-state index in [1.165, 1.54) is 40.0 Å². The Labute approximate surface area is 286 Å². The Balaban J connectivity index is 1.48. The van der Waals surface area contributed by atoms with Gasteiger partial charge >= 0.3 is 0 Å². The number of aliphatic hydroxyl groups is 2. The van der Waals surface area contributed by atoms with Crippen molar-refractivity contribution in [3.05, 3.63) is 47.3 Å². The van der Waals surface area contributed by atoms with Gasteiger partial charge in [0.1, 0.15) is 23.2 Å². The van der Waals surface area contributed by atoms with Crippen LogP contribution in [0.5, 0.6) is 0 Å². The zero-order valence-corrected chi connectivity index (χ0v) is 28.3. The van der Waals surface area contributed by atoms with Gasteiger partial charge in [-0.2, -0.15) is 5.26 Å². The highest BCUT2D eigenvalue weighted by atomic mass is 16.3. The summed E-state index contributed by atoms with van der Waals surface area (Å²) in [4.78, 5) is 57.2. The minimum absolute atomic E-state index is 0.0394. The molecular formula is C35H48N8O6. The lowest BCUT2D eigenvalue weighted by Crippen LogP contribution is -2.63. The number of hydrogen-bond donors (Lipinski definition) is 5. The van der Waals surface area contributed by atoms with E-state index in [0.717, 1.165) is 38.5 Å². The Hall–Kier alpha value is -4.19. The summed E-state index contributed by atoms with van der Waals surface area (Å²) < 4.78 is 1.53. The zero-order valence-electron chi connectivity index (χ0n) is 28.3. The molecule has 4 atom stereocenters. The summed E-state index contributed by atoms with van der Waals surface area (Å²) >= 11 is 0. The zero-order chi connectivity index (χ0) is 35.3. The van der Waals surface area contributed by atoms with Crippen LogP contribution >= 0.6 is 0 Å². The third kappa shape index (κ3) is 8.17. The molecule has 3 fully saturated rings. The number of ketones is 1. The highest BCUT2D eigenvalue weighted by Gasteiger charge is 2.49. The number of hydrogen-bond acceptors (Lipinski definition) is 10. The number of carbonyl (C=O) groups excluding carboxylic acids is 4. The number of carbonyl (C=O) groups is 4. The number of nitrogens with one attached hydrogen (secondary N) is 2. The molecule has 1 unspecified atom stereocenters. The topological polar surface area (TPSA) is 217 Å². The van der Waals surface area contributed by atoms with Gasteiger partial charge in [-0.1, -0.05) is 56.6 Å². The van der Waals surface area contributed by atoms with Gasteiger partial charge in [0, 0.05) is 18.5 Å². The number of likely N-dealkylation sites (tertiary alicyclic amines) is 1. The second kappa shape index (κ2) is 15.1. The molecule has 1 aliphatic heterocycles. The number of aliphatic hydroxyl groups excluding tert-OH is 1. The lowest BCUT2D eigenvalue weighted by molar-refractivity contribution is -0.144. The van der Waals surface area contributed by atoms with Gasteiger partial charge in [0.2, 0.25) is 17.6 Å². The Morgan fingerprint density at radius 1 is 1.08 bits per heavy atom. The number of nitrogens with two attached hydrogens (primary N) is 1.